The average Bonchev–Trinajstić information content (AvgIpc) is 3.07. The highest BCUT2D eigenvalue weighted by molar-refractivity contribution is 7.12. The number of aryl methyl sites for hydroxylation is 1. The molecule has 1 atom stereocenters. The molecule has 1 aromatic carbocycles. The number of fused-ring (bicyclic) bond motifs is 1. The Morgan fingerprint density at radius 2 is 2.05 bits per heavy atom. The van der Waals surface area contributed by atoms with Crippen LogP contribution in [0.3, 0.4) is 0 Å². The summed E-state index contributed by atoms with van der Waals surface area (Å²) in [7, 11) is 0. The molecule has 3 rings (SSSR count). The summed E-state index contributed by atoms with van der Waals surface area (Å²) in [5.41, 5.74) is 4.04. The van der Waals surface area contributed by atoms with Gasteiger partial charge in [0.2, 0.25) is 0 Å². The predicted octanol–water partition coefficient (Wildman–Crippen LogP) is 4.18. The monoisotopic (exact) mass is 287 g/mol. The van der Waals surface area contributed by atoms with Crippen LogP contribution in [0.15, 0.2) is 30.3 Å². The fourth-order valence-electron chi connectivity index (χ4n) is 2.65. The largest absolute Gasteiger partial charge is 0.372 e. The van der Waals surface area contributed by atoms with Gasteiger partial charge in [-0.05, 0) is 48.7 Å². The molecular formula is C17H21NOS. The topological polar surface area (TPSA) is 21.3 Å². The van der Waals surface area contributed by atoms with Gasteiger partial charge in [0.15, 0.2) is 0 Å². The molecule has 0 saturated heterocycles. The van der Waals surface area contributed by atoms with Gasteiger partial charge in [0.05, 0.1) is 19.3 Å². The molecule has 1 unspecified atom stereocenters. The lowest BCUT2D eigenvalue weighted by atomic mass is 10.00. The van der Waals surface area contributed by atoms with Gasteiger partial charge in [0, 0.05) is 9.75 Å². The molecule has 1 aliphatic heterocycles. The molecule has 2 aromatic rings. The molecule has 2 heterocycles. The van der Waals surface area contributed by atoms with E-state index in [1.54, 1.807) is 0 Å². The van der Waals surface area contributed by atoms with E-state index < -0.39 is 0 Å². The molecule has 1 aliphatic rings. The standard InChI is InChI=1S/C17H21NOS/c1-3-8-18-17(16-7-4-12(2)20-16)13-5-6-14-10-19-11-15(14)9-13/h4-7,9,17-18H,3,8,10-11H2,1-2H3. The maximum Gasteiger partial charge on any atom is 0.0725 e. The maximum atomic E-state index is 5.52. The van der Waals surface area contributed by atoms with Gasteiger partial charge in [-0.25, -0.2) is 0 Å². The SMILES string of the molecule is CCCNC(c1ccc2c(c1)COC2)c1ccc(C)s1. The molecule has 20 heavy (non-hydrogen) atoms. The molecule has 1 aromatic heterocycles. The van der Waals surface area contributed by atoms with Gasteiger partial charge < -0.3 is 10.1 Å². The van der Waals surface area contributed by atoms with E-state index in [-0.39, 0.29) is 0 Å². The highest BCUT2D eigenvalue weighted by atomic mass is 32.1. The van der Waals surface area contributed by atoms with Gasteiger partial charge in [-0.15, -0.1) is 11.3 Å². The summed E-state index contributed by atoms with van der Waals surface area (Å²) in [6.07, 6.45) is 1.15. The highest BCUT2D eigenvalue weighted by Gasteiger charge is 2.18. The van der Waals surface area contributed by atoms with E-state index >= 15 is 0 Å². The molecule has 0 amide bonds. The third kappa shape index (κ3) is 2.80. The minimum Gasteiger partial charge on any atom is -0.372 e. The van der Waals surface area contributed by atoms with Crippen LogP contribution in [-0.2, 0) is 18.0 Å². The normalized spacial score (nSPS) is 15.3. The number of benzene rings is 1. The molecule has 2 nitrogen and oxygen atoms in total. The summed E-state index contributed by atoms with van der Waals surface area (Å²) in [4.78, 5) is 2.77. The smallest absolute Gasteiger partial charge is 0.0725 e. The van der Waals surface area contributed by atoms with Crippen LogP contribution in [0.2, 0.25) is 0 Å². The van der Waals surface area contributed by atoms with Crippen LogP contribution in [0.25, 0.3) is 0 Å². The first kappa shape index (κ1) is 13.8. The summed E-state index contributed by atoms with van der Waals surface area (Å²) in [5.74, 6) is 0. The van der Waals surface area contributed by atoms with Crippen LogP contribution >= 0.6 is 11.3 Å². The van der Waals surface area contributed by atoms with Gasteiger partial charge in [-0.1, -0.05) is 25.1 Å². The quantitative estimate of drug-likeness (QED) is 0.891. The zero-order valence-corrected chi connectivity index (χ0v) is 12.9. The summed E-state index contributed by atoms with van der Waals surface area (Å²) in [6, 6.07) is 11.5. The maximum absolute atomic E-state index is 5.52. The van der Waals surface area contributed by atoms with Crippen LogP contribution in [0.1, 0.15) is 45.8 Å². The lowest BCUT2D eigenvalue weighted by Crippen LogP contribution is -2.22. The van der Waals surface area contributed by atoms with Crippen molar-refractivity contribution in [1.82, 2.24) is 5.32 Å². The van der Waals surface area contributed by atoms with Crippen molar-refractivity contribution < 1.29 is 4.74 Å². The molecule has 3 heteroatoms. The Labute approximate surface area is 124 Å². The minimum absolute atomic E-state index is 0.305. The molecule has 106 valence electrons. The fraction of sp³-hybridized carbons (Fsp3) is 0.412. The first-order valence-corrected chi connectivity index (χ1v) is 8.08. The number of ether oxygens (including phenoxy) is 1. The average molecular weight is 287 g/mol. The lowest BCUT2D eigenvalue weighted by Gasteiger charge is -2.18. The minimum atomic E-state index is 0.305. The van der Waals surface area contributed by atoms with Gasteiger partial charge in [-0.3, -0.25) is 0 Å². The van der Waals surface area contributed by atoms with Gasteiger partial charge in [0.1, 0.15) is 0 Å². The first-order chi connectivity index (χ1) is 9.78. The predicted molar refractivity (Wildman–Crippen MR) is 84.1 cm³/mol. The highest BCUT2D eigenvalue weighted by Crippen LogP contribution is 2.31. The van der Waals surface area contributed by atoms with Crippen molar-refractivity contribution in [2.24, 2.45) is 0 Å². The van der Waals surface area contributed by atoms with Crippen molar-refractivity contribution in [2.75, 3.05) is 6.54 Å². The van der Waals surface area contributed by atoms with E-state index in [0.717, 1.165) is 26.2 Å². The van der Waals surface area contributed by atoms with Crippen LogP contribution in [0.5, 0.6) is 0 Å². The first-order valence-electron chi connectivity index (χ1n) is 7.27. The van der Waals surface area contributed by atoms with Crippen LogP contribution < -0.4 is 5.32 Å². The second-order valence-corrected chi connectivity index (χ2v) is 6.68. The second-order valence-electron chi connectivity index (χ2n) is 5.36. The molecule has 0 radical (unpaired) electrons. The van der Waals surface area contributed by atoms with Gasteiger partial charge >= 0.3 is 0 Å². The molecule has 0 fully saturated rings. The molecular weight excluding hydrogens is 266 g/mol. The number of thiophene rings is 1. The van der Waals surface area contributed by atoms with Gasteiger partial charge in [0.25, 0.3) is 0 Å². The third-order valence-corrected chi connectivity index (χ3v) is 4.79. The Morgan fingerprint density at radius 3 is 2.80 bits per heavy atom. The van der Waals surface area contributed by atoms with E-state index in [9.17, 15) is 0 Å². The van der Waals surface area contributed by atoms with E-state index in [2.05, 4.69) is 49.5 Å². The van der Waals surface area contributed by atoms with Crippen molar-refractivity contribution >= 4 is 11.3 Å². The molecule has 1 N–H and O–H groups in total. The van der Waals surface area contributed by atoms with Crippen LogP contribution in [-0.4, -0.2) is 6.54 Å². The lowest BCUT2D eigenvalue weighted by molar-refractivity contribution is 0.134. The number of hydrogen-bond donors (Lipinski definition) is 1. The van der Waals surface area contributed by atoms with Crippen molar-refractivity contribution in [2.45, 2.75) is 39.5 Å². The fourth-order valence-corrected chi connectivity index (χ4v) is 3.63. The van der Waals surface area contributed by atoms with Crippen molar-refractivity contribution in [3.8, 4) is 0 Å². The Kier molecular flexibility index (Phi) is 4.20. The summed E-state index contributed by atoms with van der Waals surface area (Å²) in [5, 5.41) is 3.68. The van der Waals surface area contributed by atoms with E-state index in [1.165, 1.54) is 26.4 Å². The zero-order chi connectivity index (χ0) is 13.9. The number of rotatable bonds is 5. The van der Waals surface area contributed by atoms with Crippen molar-refractivity contribution in [3.63, 3.8) is 0 Å². The Balaban J connectivity index is 1.92. The van der Waals surface area contributed by atoms with E-state index in [4.69, 9.17) is 4.74 Å². The van der Waals surface area contributed by atoms with E-state index in [1.807, 2.05) is 11.3 Å². The number of hydrogen-bond acceptors (Lipinski definition) is 3. The number of nitrogens with one attached hydrogen (secondary N) is 1. The summed E-state index contributed by atoms with van der Waals surface area (Å²) >= 11 is 1.88. The molecule has 0 spiro atoms. The third-order valence-electron chi connectivity index (χ3n) is 3.72. The molecule has 0 aliphatic carbocycles. The zero-order valence-electron chi connectivity index (χ0n) is 12.1. The van der Waals surface area contributed by atoms with E-state index in [0.29, 0.717) is 6.04 Å². The Hall–Kier alpha value is -1.16. The van der Waals surface area contributed by atoms with Crippen molar-refractivity contribution in [3.05, 3.63) is 56.8 Å². The molecule has 0 saturated carbocycles. The van der Waals surface area contributed by atoms with Crippen LogP contribution in [0, 0.1) is 6.92 Å². The summed E-state index contributed by atoms with van der Waals surface area (Å²) in [6.45, 7) is 6.94. The van der Waals surface area contributed by atoms with Crippen LogP contribution in [0.4, 0.5) is 0 Å². The Morgan fingerprint density at radius 1 is 1.20 bits per heavy atom. The molecule has 0 bridgehead atoms. The second kappa shape index (κ2) is 6.08. The summed E-state index contributed by atoms with van der Waals surface area (Å²) < 4.78 is 5.52. The Bertz CT molecular complexity index is 590. The van der Waals surface area contributed by atoms with Crippen molar-refractivity contribution in [1.29, 1.82) is 0 Å². The van der Waals surface area contributed by atoms with Gasteiger partial charge in [-0.2, -0.15) is 0 Å².